The highest BCUT2D eigenvalue weighted by Crippen LogP contribution is 2.07. The van der Waals surface area contributed by atoms with Crippen LogP contribution in [-0.4, -0.2) is 22.0 Å². The molecule has 0 saturated heterocycles. The largest absolute Gasteiger partial charge is 0.351 e. The van der Waals surface area contributed by atoms with Gasteiger partial charge in [0.05, 0.1) is 0 Å². The van der Waals surface area contributed by atoms with Crippen LogP contribution in [0.4, 0.5) is 0 Å². The molecule has 1 amide bonds. The number of nitrogens with one attached hydrogen (secondary N) is 2. The van der Waals surface area contributed by atoms with Crippen molar-refractivity contribution >= 4 is 16.8 Å². The van der Waals surface area contributed by atoms with Crippen molar-refractivity contribution in [1.29, 1.82) is 0 Å². The predicted octanol–water partition coefficient (Wildman–Crippen LogP) is 1.51. The second kappa shape index (κ2) is 6.95. The first-order valence-corrected chi connectivity index (χ1v) is 7.71. The minimum Gasteiger partial charge on any atom is -0.351 e. The third-order valence-electron chi connectivity index (χ3n) is 3.74. The maximum atomic E-state index is 12.2. The number of carbonyl (C=O) groups is 1. The Morgan fingerprint density at radius 3 is 2.71 bits per heavy atom. The maximum Gasteiger partial charge on any atom is 0.267 e. The van der Waals surface area contributed by atoms with Crippen LogP contribution >= 0.6 is 0 Å². The number of hydrogen-bond donors (Lipinski definition) is 2. The third-order valence-corrected chi connectivity index (χ3v) is 3.74. The third kappa shape index (κ3) is 3.43. The molecule has 24 heavy (non-hydrogen) atoms. The minimum absolute atomic E-state index is 0.0670. The summed E-state index contributed by atoms with van der Waals surface area (Å²) in [5.74, 6) is -0.335. The van der Waals surface area contributed by atoms with E-state index >= 15 is 0 Å². The van der Waals surface area contributed by atoms with E-state index in [9.17, 15) is 14.4 Å². The van der Waals surface area contributed by atoms with Crippen LogP contribution in [0.3, 0.4) is 0 Å². The van der Waals surface area contributed by atoms with Crippen LogP contribution in [0.5, 0.6) is 0 Å². The molecule has 0 aliphatic heterocycles. The summed E-state index contributed by atoms with van der Waals surface area (Å²) in [5, 5.41) is 3.31. The van der Waals surface area contributed by atoms with Gasteiger partial charge in [0.2, 0.25) is 5.56 Å². The molecule has 0 aliphatic carbocycles. The molecule has 0 saturated carbocycles. The summed E-state index contributed by atoms with van der Waals surface area (Å²) >= 11 is 0. The number of aromatic amines is 1. The molecule has 1 aromatic carbocycles. The first-order chi connectivity index (χ1) is 11.6. The van der Waals surface area contributed by atoms with E-state index in [4.69, 9.17) is 0 Å². The number of benzene rings is 1. The normalized spacial score (nSPS) is 10.7. The van der Waals surface area contributed by atoms with E-state index < -0.39 is 0 Å². The first-order valence-electron chi connectivity index (χ1n) is 7.71. The van der Waals surface area contributed by atoms with Crippen molar-refractivity contribution in [2.75, 3.05) is 6.54 Å². The van der Waals surface area contributed by atoms with Crippen LogP contribution in [-0.2, 0) is 6.54 Å². The highest BCUT2D eigenvalue weighted by Gasteiger charge is 2.08. The summed E-state index contributed by atoms with van der Waals surface area (Å²) in [6.45, 7) is 0.934. The van der Waals surface area contributed by atoms with Gasteiger partial charge in [-0.05, 0) is 24.6 Å². The second-order valence-corrected chi connectivity index (χ2v) is 5.43. The molecule has 0 spiro atoms. The number of fused-ring (bicyclic) bond motifs is 1. The van der Waals surface area contributed by atoms with Crippen molar-refractivity contribution in [3.8, 4) is 0 Å². The topological polar surface area (TPSA) is 84.0 Å². The molecule has 2 N–H and O–H groups in total. The van der Waals surface area contributed by atoms with Crippen LogP contribution in [0.25, 0.3) is 10.9 Å². The monoisotopic (exact) mass is 323 g/mol. The lowest BCUT2D eigenvalue weighted by atomic mass is 10.2. The number of amides is 1. The van der Waals surface area contributed by atoms with Crippen molar-refractivity contribution in [3.63, 3.8) is 0 Å². The number of aryl methyl sites for hydroxylation is 1. The molecule has 122 valence electrons. The van der Waals surface area contributed by atoms with Gasteiger partial charge in [0.15, 0.2) is 5.43 Å². The van der Waals surface area contributed by atoms with Gasteiger partial charge in [-0.25, -0.2) is 0 Å². The van der Waals surface area contributed by atoms with Crippen LogP contribution in [0, 0.1) is 0 Å². The van der Waals surface area contributed by atoms with Gasteiger partial charge < -0.3 is 14.9 Å². The number of hydrogen-bond acceptors (Lipinski definition) is 3. The fraction of sp³-hybridized carbons (Fsp3) is 0.167. The zero-order chi connectivity index (χ0) is 16.9. The van der Waals surface area contributed by atoms with Crippen molar-refractivity contribution in [2.24, 2.45) is 0 Å². The van der Waals surface area contributed by atoms with Gasteiger partial charge in [0.25, 0.3) is 5.91 Å². The van der Waals surface area contributed by atoms with E-state index in [1.54, 1.807) is 47.2 Å². The molecule has 3 rings (SSSR count). The quantitative estimate of drug-likeness (QED) is 0.698. The van der Waals surface area contributed by atoms with Gasteiger partial charge in [-0.2, -0.15) is 0 Å². The molecule has 0 aliphatic rings. The van der Waals surface area contributed by atoms with E-state index in [0.29, 0.717) is 30.4 Å². The van der Waals surface area contributed by atoms with E-state index in [1.165, 1.54) is 12.1 Å². The van der Waals surface area contributed by atoms with Crippen molar-refractivity contribution in [3.05, 3.63) is 81.0 Å². The molecule has 0 atom stereocenters. The number of rotatable bonds is 5. The lowest BCUT2D eigenvalue weighted by molar-refractivity contribution is 0.0948. The van der Waals surface area contributed by atoms with Gasteiger partial charge in [-0.1, -0.05) is 18.2 Å². The summed E-state index contributed by atoms with van der Waals surface area (Å²) in [6, 6.07) is 13.3. The molecule has 0 unspecified atom stereocenters. The highest BCUT2D eigenvalue weighted by molar-refractivity contribution is 5.94. The predicted molar refractivity (Wildman–Crippen MR) is 92.2 cm³/mol. The van der Waals surface area contributed by atoms with Crippen LogP contribution in [0.15, 0.2) is 64.3 Å². The smallest absolute Gasteiger partial charge is 0.267 e. The van der Waals surface area contributed by atoms with E-state index in [0.717, 1.165) is 0 Å². The molecule has 0 fully saturated rings. The number of carbonyl (C=O) groups excluding carboxylic acids is 1. The number of nitrogens with zero attached hydrogens (tertiary/aromatic N) is 1. The van der Waals surface area contributed by atoms with Gasteiger partial charge in [0, 0.05) is 42.3 Å². The van der Waals surface area contributed by atoms with Gasteiger partial charge in [-0.15, -0.1) is 0 Å². The highest BCUT2D eigenvalue weighted by atomic mass is 16.2. The lowest BCUT2D eigenvalue weighted by Gasteiger charge is -2.08. The van der Waals surface area contributed by atoms with Gasteiger partial charge in [-0.3, -0.25) is 14.4 Å². The van der Waals surface area contributed by atoms with Crippen molar-refractivity contribution in [2.45, 2.75) is 13.0 Å². The SMILES string of the molecule is O=C(NCCCn1ccccc1=O)c1cc(=O)c2ccccc2[nH]1. The standard InChI is InChI=1S/C18H17N3O3/c22-16-12-15(20-14-7-2-1-6-13(14)16)18(24)19-9-5-11-21-10-4-3-8-17(21)23/h1-4,6-8,10,12H,5,9,11H2,(H,19,24)(H,20,22). The van der Waals surface area contributed by atoms with Crippen LogP contribution in [0.2, 0.25) is 0 Å². The Morgan fingerprint density at radius 2 is 1.88 bits per heavy atom. The Balaban J connectivity index is 1.62. The Hall–Kier alpha value is -3.15. The summed E-state index contributed by atoms with van der Waals surface area (Å²) < 4.78 is 1.59. The molecule has 2 aromatic heterocycles. The number of H-pyrrole nitrogens is 1. The van der Waals surface area contributed by atoms with E-state index in [-0.39, 0.29) is 22.6 Å². The van der Waals surface area contributed by atoms with Crippen LogP contribution in [0.1, 0.15) is 16.9 Å². The first kappa shape index (κ1) is 15.7. The Morgan fingerprint density at radius 1 is 1.08 bits per heavy atom. The number of para-hydroxylation sites is 1. The molecule has 6 heteroatoms. The fourth-order valence-corrected chi connectivity index (χ4v) is 2.51. The molecule has 0 bridgehead atoms. The molecular weight excluding hydrogens is 306 g/mol. The summed E-state index contributed by atoms with van der Waals surface area (Å²) in [7, 11) is 0. The zero-order valence-electron chi connectivity index (χ0n) is 13.0. The molecule has 0 radical (unpaired) electrons. The van der Waals surface area contributed by atoms with E-state index in [2.05, 4.69) is 10.3 Å². The number of pyridine rings is 2. The number of aromatic nitrogens is 2. The Labute approximate surface area is 137 Å². The lowest BCUT2D eigenvalue weighted by Crippen LogP contribution is -2.28. The summed E-state index contributed by atoms with van der Waals surface area (Å²) in [4.78, 5) is 38.7. The zero-order valence-corrected chi connectivity index (χ0v) is 13.0. The van der Waals surface area contributed by atoms with E-state index in [1.807, 2.05) is 0 Å². The second-order valence-electron chi connectivity index (χ2n) is 5.43. The Kier molecular flexibility index (Phi) is 4.56. The van der Waals surface area contributed by atoms with Gasteiger partial charge >= 0.3 is 0 Å². The molecule has 3 aromatic rings. The molecule has 6 nitrogen and oxygen atoms in total. The maximum absolute atomic E-state index is 12.2. The summed E-state index contributed by atoms with van der Waals surface area (Å²) in [5.41, 5.74) is 0.606. The average molecular weight is 323 g/mol. The summed E-state index contributed by atoms with van der Waals surface area (Å²) in [6.07, 6.45) is 2.33. The molecule has 2 heterocycles. The minimum atomic E-state index is -0.335. The van der Waals surface area contributed by atoms with Crippen LogP contribution < -0.4 is 16.3 Å². The molecular formula is C18H17N3O3. The Bertz CT molecular complexity index is 988. The average Bonchev–Trinajstić information content (AvgIpc) is 2.60. The van der Waals surface area contributed by atoms with Crippen molar-refractivity contribution < 1.29 is 4.79 Å². The van der Waals surface area contributed by atoms with Gasteiger partial charge in [0.1, 0.15) is 5.69 Å². The fourth-order valence-electron chi connectivity index (χ4n) is 2.51. The van der Waals surface area contributed by atoms with Crippen molar-refractivity contribution in [1.82, 2.24) is 14.9 Å².